The van der Waals surface area contributed by atoms with Crippen LogP contribution in [0.25, 0.3) is 11.0 Å². The van der Waals surface area contributed by atoms with E-state index in [2.05, 4.69) is 5.32 Å². The lowest BCUT2D eigenvalue weighted by Gasteiger charge is -2.06. The molecule has 8 nitrogen and oxygen atoms in total. The zero-order valence-corrected chi connectivity index (χ0v) is 16.8. The molecule has 0 aliphatic heterocycles. The standard InChI is InChI=1S/C19H18N2O6S2/c20-29(24,25)15-7-5-14(6-8-15)21-18(22)12-28-10-9-26-19(23)17-11-13-3-1-2-4-16(13)27-17/h1-8,11H,9-10,12H2,(H,21,22)(H2,20,24,25). The number of hydrogen-bond acceptors (Lipinski definition) is 7. The Balaban J connectivity index is 1.37. The number of rotatable bonds is 8. The lowest BCUT2D eigenvalue weighted by atomic mass is 10.2. The van der Waals surface area contributed by atoms with Gasteiger partial charge in [0, 0.05) is 16.8 Å². The van der Waals surface area contributed by atoms with Crippen molar-refractivity contribution in [1.29, 1.82) is 0 Å². The number of sulfonamides is 1. The number of ether oxygens (including phenoxy) is 1. The molecule has 0 atom stereocenters. The largest absolute Gasteiger partial charge is 0.459 e. The van der Waals surface area contributed by atoms with E-state index < -0.39 is 16.0 Å². The van der Waals surface area contributed by atoms with Crippen LogP contribution in [0.3, 0.4) is 0 Å². The monoisotopic (exact) mass is 434 g/mol. The molecule has 0 spiro atoms. The molecular weight excluding hydrogens is 416 g/mol. The number of fused-ring (bicyclic) bond motifs is 1. The Hall–Kier alpha value is -2.82. The van der Waals surface area contributed by atoms with Crippen LogP contribution in [0.15, 0.2) is 63.9 Å². The fourth-order valence-electron chi connectivity index (χ4n) is 2.44. The maximum absolute atomic E-state index is 12.0. The highest BCUT2D eigenvalue weighted by molar-refractivity contribution is 7.99. The molecule has 0 fully saturated rings. The number of esters is 1. The summed E-state index contributed by atoms with van der Waals surface area (Å²) in [4.78, 5) is 23.9. The number of anilines is 1. The Kier molecular flexibility index (Phi) is 6.57. The second kappa shape index (κ2) is 9.12. The van der Waals surface area contributed by atoms with Gasteiger partial charge < -0.3 is 14.5 Å². The summed E-state index contributed by atoms with van der Waals surface area (Å²) in [5.74, 6) is -0.0943. The van der Waals surface area contributed by atoms with Crippen molar-refractivity contribution in [1.82, 2.24) is 0 Å². The summed E-state index contributed by atoms with van der Waals surface area (Å²) in [7, 11) is -3.77. The number of carbonyl (C=O) groups excluding carboxylic acids is 2. The van der Waals surface area contributed by atoms with Gasteiger partial charge in [-0.1, -0.05) is 18.2 Å². The van der Waals surface area contributed by atoms with Crippen molar-refractivity contribution in [3.63, 3.8) is 0 Å². The van der Waals surface area contributed by atoms with Gasteiger partial charge in [-0.25, -0.2) is 18.4 Å². The molecule has 29 heavy (non-hydrogen) atoms. The minimum Gasteiger partial charge on any atom is -0.459 e. The van der Waals surface area contributed by atoms with Gasteiger partial charge in [-0.05, 0) is 36.4 Å². The van der Waals surface area contributed by atoms with Gasteiger partial charge >= 0.3 is 5.97 Å². The fourth-order valence-corrected chi connectivity index (χ4v) is 3.56. The second-order valence-electron chi connectivity index (χ2n) is 5.95. The van der Waals surface area contributed by atoms with Crippen molar-refractivity contribution in [2.24, 2.45) is 5.14 Å². The summed E-state index contributed by atoms with van der Waals surface area (Å²) in [6, 6.07) is 14.4. The molecular formula is C19H18N2O6S2. The normalized spacial score (nSPS) is 11.3. The van der Waals surface area contributed by atoms with E-state index >= 15 is 0 Å². The van der Waals surface area contributed by atoms with E-state index in [1.54, 1.807) is 12.1 Å². The number of benzene rings is 2. The average molecular weight is 434 g/mol. The smallest absolute Gasteiger partial charge is 0.374 e. The molecule has 0 radical (unpaired) electrons. The number of nitrogens with two attached hydrogens (primary N) is 1. The van der Waals surface area contributed by atoms with Crippen molar-refractivity contribution in [2.75, 3.05) is 23.4 Å². The molecule has 2 aromatic carbocycles. The predicted molar refractivity (Wildman–Crippen MR) is 110 cm³/mol. The zero-order chi connectivity index (χ0) is 20.9. The maximum Gasteiger partial charge on any atom is 0.374 e. The first-order valence-corrected chi connectivity index (χ1v) is 11.2. The molecule has 10 heteroatoms. The topological polar surface area (TPSA) is 129 Å². The molecule has 152 valence electrons. The van der Waals surface area contributed by atoms with Gasteiger partial charge in [-0.2, -0.15) is 0 Å². The number of furan rings is 1. The minimum absolute atomic E-state index is 0.0313. The van der Waals surface area contributed by atoms with E-state index in [0.717, 1.165) is 5.39 Å². The molecule has 0 saturated carbocycles. The SMILES string of the molecule is NS(=O)(=O)c1ccc(NC(=O)CSCCOC(=O)c2cc3ccccc3o2)cc1. The van der Waals surface area contributed by atoms with Gasteiger partial charge in [0.1, 0.15) is 12.2 Å². The Labute approximate surface area is 171 Å². The highest BCUT2D eigenvalue weighted by Crippen LogP contribution is 2.19. The molecule has 0 saturated heterocycles. The average Bonchev–Trinajstić information content (AvgIpc) is 3.11. The van der Waals surface area contributed by atoms with Crippen LogP contribution >= 0.6 is 11.8 Å². The van der Waals surface area contributed by atoms with Crippen LogP contribution < -0.4 is 10.5 Å². The zero-order valence-electron chi connectivity index (χ0n) is 15.2. The summed E-state index contributed by atoms with van der Waals surface area (Å²) >= 11 is 1.29. The summed E-state index contributed by atoms with van der Waals surface area (Å²) < 4.78 is 33.0. The Morgan fingerprint density at radius 2 is 1.83 bits per heavy atom. The van der Waals surface area contributed by atoms with Crippen molar-refractivity contribution in [2.45, 2.75) is 4.90 Å². The van der Waals surface area contributed by atoms with Gasteiger partial charge in [-0.15, -0.1) is 11.8 Å². The van der Waals surface area contributed by atoms with Gasteiger partial charge in [0.05, 0.1) is 10.6 Å². The summed E-state index contributed by atoms with van der Waals surface area (Å²) in [5.41, 5.74) is 1.07. The third kappa shape index (κ3) is 5.83. The van der Waals surface area contributed by atoms with Crippen LogP contribution in [0.2, 0.25) is 0 Å². The predicted octanol–water partition coefficient (Wildman–Crippen LogP) is 2.61. The first-order chi connectivity index (χ1) is 13.8. The van der Waals surface area contributed by atoms with Crippen molar-refractivity contribution < 1.29 is 27.2 Å². The van der Waals surface area contributed by atoms with E-state index in [4.69, 9.17) is 14.3 Å². The highest BCUT2D eigenvalue weighted by atomic mass is 32.2. The minimum atomic E-state index is -3.77. The van der Waals surface area contributed by atoms with E-state index in [1.165, 1.54) is 36.0 Å². The molecule has 3 N–H and O–H groups in total. The van der Waals surface area contributed by atoms with Crippen molar-refractivity contribution in [3.05, 3.63) is 60.4 Å². The Morgan fingerprint density at radius 3 is 2.52 bits per heavy atom. The van der Waals surface area contributed by atoms with Crippen molar-refractivity contribution in [3.8, 4) is 0 Å². The molecule has 3 aromatic rings. The molecule has 1 amide bonds. The van der Waals surface area contributed by atoms with E-state index in [0.29, 0.717) is 17.0 Å². The van der Waals surface area contributed by atoms with Gasteiger partial charge in [0.2, 0.25) is 21.7 Å². The number of para-hydroxylation sites is 1. The van der Waals surface area contributed by atoms with Gasteiger partial charge in [0.25, 0.3) is 0 Å². The fraction of sp³-hybridized carbons (Fsp3) is 0.158. The molecule has 1 aromatic heterocycles. The summed E-state index contributed by atoms with van der Waals surface area (Å²) in [6.45, 7) is 0.136. The van der Waals surface area contributed by atoms with Crippen LogP contribution in [0.1, 0.15) is 10.6 Å². The number of nitrogens with one attached hydrogen (secondary N) is 1. The number of amides is 1. The van der Waals surface area contributed by atoms with E-state index in [-0.39, 0.29) is 28.9 Å². The number of thioether (sulfide) groups is 1. The van der Waals surface area contributed by atoms with Crippen LogP contribution in [-0.2, 0) is 19.6 Å². The molecule has 0 bridgehead atoms. The van der Waals surface area contributed by atoms with Crippen LogP contribution in [0, 0.1) is 0 Å². The first kappa shape index (κ1) is 20.9. The Bertz CT molecular complexity index is 1090. The first-order valence-electron chi connectivity index (χ1n) is 8.49. The third-order valence-corrected chi connectivity index (χ3v) is 5.64. The van der Waals surface area contributed by atoms with Gasteiger partial charge in [0.15, 0.2) is 0 Å². The van der Waals surface area contributed by atoms with Crippen molar-refractivity contribution >= 4 is 50.3 Å². The lowest BCUT2D eigenvalue weighted by Crippen LogP contribution is -2.16. The second-order valence-corrected chi connectivity index (χ2v) is 8.62. The van der Waals surface area contributed by atoms with Gasteiger partial charge in [-0.3, -0.25) is 4.79 Å². The number of carbonyl (C=O) groups is 2. The highest BCUT2D eigenvalue weighted by Gasteiger charge is 2.13. The lowest BCUT2D eigenvalue weighted by molar-refractivity contribution is -0.113. The molecule has 3 rings (SSSR count). The van der Waals surface area contributed by atoms with E-state index in [9.17, 15) is 18.0 Å². The third-order valence-electron chi connectivity index (χ3n) is 3.79. The molecule has 0 aliphatic carbocycles. The van der Waals surface area contributed by atoms with E-state index in [1.807, 2.05) is 18.2 Å². The van der Waals surface area contributed by atoms with Crippen LogP contribution in [0.5, 0.6) is 0 Å². The molecule has 1 heterocycles. The quantitative estimate of drug-likeness (QED) is 0.412. The Morgan fingerprint density at radius 1 is 1.10 bits per heavy atom. The van der Waals surface area contributed by atoms with Crippen LogP contribution in [0.4, 0.5) is 5.69 Å². The van der Waals surface area contributed by atoms with Crippen LogP contribution in [-0.4, -0.2) is 38.4 Å². The number of primary sulfonamides is 1. The summed E-state index contributed by atoms with van der Waals surface area (Å²) in [5, 5.41) is 8.48. The molecule has 0 unspecified atom stereocenters. The number of hydrogen-bond donors (Lipinski definition) is 2. The maximum atomic E-state index is 12.0. The molecule has 0 aliphatic rings. The summed E-state index contributed by atoms with van der Waals surface area (Å²) in [6.07, 6.45) is 0.